The van der Waals surface area contributed by atoms with Crippen LogP contribution < -0.4 is 18.7 Å². The second kappa shape index (κ2) is 20.5. The maximum atomic E-state index is 16.3. The molecule has 0 unspecified atom stereocenters. The smallest absolute Gasteiger partial charge is 0.479 e. The van der Waals surface area contributed by atoms with E-state index >= 15 is 4.39 Å². The Kier molecular flexibility index (Phi) is 13.9. The molecule has 0 radical (unpaired) electrons. The van der Waals surface area contributed by atoms with Gasteiger partial charge in [0.15, 0.2) is 34.8 Å². The SMILES string of the molecule is CC[C@@]1(O)C(=O)OCc2c1cc1n(c2=O)Cc2c-1nc1cc(F)c(OS(=O)(=O)Oc3cc(C(=O)N(C)CCOCCn4cc(CN5C(=O)C=CC5=O)nn4)ccc3O[C@@H]3O[C@H](C(=O)O)[C@@H](O)[C@H](O)[C@H]3O)cc1c2-c1ccco1. The summed E-state index contributed by atoms with van der Waals surface area (Å²) in [4.78, 5) is 83.0. The fraction of sp³-hybridized carbons (Fsp3) is 0.327. The second-order valence-corrected chi connectivity index (χ2v) is 19.3. The van der Waals surface area contributed by atoms with Crippen molar-refractivity contribution in [3.63, 3.8) is 0 Å². The molecule has 78 heavy (non-hydrogen) atoms. The maximum absolute atomic E-state index is 16.3. The van der Waals surface area contributed by atoms with Crippen molar-refractivity contribution in [3.05, 3.63) is 117 Å². The van der Waals surface area contributed by atoms with Crippen LogP contribution in [0.25, 0.3) is 33.6 Å². The third-order valence-electron chi connectivity index (χ3n) is 13.3. The molecule has 408 valence electrons. The molecule has 0 spiro atoms. The number of furan rings is 1. The molecule has 1 saturated heterocycles. The molecule has 6 aromatic rings. The molecule has 5 N–H and O–H groups in total. The first kappa shape index (κ1) is 53.0. The van der Waals surface area contributed by atoms with Crippen LogP contribution in [-0.2, 0) is 75.6 Å². The first-order chi connectivity index (χ1) is 37.2. The van der Waals surface area contributed by atoms with Gasteiger partial charge < -0.3 is 66.7 Å². The number of likely N-dealkylation sites (N-methyl/N-ethyl adjacent to an activating group) is 1. The number of imide groups is 1. The average Bonchev–Trinajstić information content (AvgIpc) is 4.38. The zero-order valence-corrected chi connectivity index (χ0v) is 41.6. The summed E-state index contributed by atoms with van der Waals surface area (Å²) >= 11 is 0. The van der Waals surface area contributed by atoms with Gasteiger partial charge in [-0.1, -0.05) is 12.1 Å². The van der Waals surface area contributed by atoms with Gasteiger partial charge in [0.2, 0.25) is 6.29 Å². The lowest BCUT2D eigenvalue weighted by Gasteiger charge is -2.38. The summed E-state index contributed by atoms with van der Waals surface area (Å²) in [5.41, 5.74) is -1.75. The number of fused-ring (bicyclic) bond motifs is 5. The molecule has 27 nitrogen and oxygen atoms in total. The van der Waals surface area contributed by atoms with Crippen LogP contribution in [0.4, 0.5) is 4.39 Å². The number of aliphatic carboxylic acids is 1. The number of benzene rings is 2. The fourth-order valence-electron chi connectivity index (χ4n) is 9.22. The molecule has 6 atom stereocenters. The van der Waals surface area contributed by atoms with Crippen LogP contribution in [0.2, 0.25) is 0 Å². The fourth-order valence-corrected chi connectivity index (χ4v) is 9.95. The van der Waals surface area contributed by atoms with Crippen molar-refractivity contribution >= 4 is 51.0 Å². The standard InChI is InChI=1S/C49H44FN7O20S/c1-3-49(68)28-17-31-39-26(21-56(31)45(64)27(28)22-73-48(49)67)38(33-5-4-12-72-33)25-16-34(29(50)18-30(25)51-39)76-78(69,70)77-35-15-23(6-7-32(35)74-47-42(62)40(60)41(61)43(75-47)46(65)66)44(63)54(2)10-13-71-14-11-55-19-24(52-53-55)20-57-36(58)8-9-37(57)59/h4-9,12,15-19,40-43,47,60-62,68H,3,10-11,13-14,20-22H2,1-2H3,(H,65,66)/t40-,41-,42+,43-,47+,49-/m0/s1. The van der Waals surface area contributed by atoms with Crippen molar-refractivity contribution < 1.29 is 94.0 Å². The predicted octanol–water partition coefficient (Wildman–Crippen LogP) is 0.258. The molecule has 8 heterocycles. The number of ether oxygens (including phenoxy) is 4. The lowest BCUT2D eigenvalue weighted by Crippen LogP contribution is -2.61. The van der Waals surface area contributed by atoms with E-state index in [-0.39, 0.29) is 96.1 Å². The number of carboxylic acid groups (broad SMARTS) is 1. The first-order valence-corrected chi connectivity index (χ1v) is 25.0. The molecule has 29 heteroatoms. The highest BCUT2D eigenvalue weighted by Gasteiger charge is 2.49. The van der Waals surface area contributed by atoms with Crippen LogP contribution in [0.5, 0.6) is 17.2 Å². The summed E-state index contributed by atoms with van der Waals surface area (Å²) in [6.45, 7) is 1.13. The van der Waals surface area contributed by atoms with E-state index in [2.05, 4.69) is 15.3 Å². The Labute approximate surface area is 438 Å². The normalized spacial score (nSPS) is 21.6. The number of carbonyl (C=O) groups excluding carboxylic acids is 4. The summed E-state index contributed by atoms with van der Waals surface area (Å²) < 4.78 is 84.9. The molecule has 0 aliphatic carbocycles. The predicted molar refractivity (Wildman–Crippen MR) is 256 cm³/mol. The van der Waals surface area contributed by atoms with Crippen molar-refractivity contribution in [3.8, 4) is 40.0 Å². The van der Waals surface area contributed by atoms with E-state index in [1.165, 1.54) is 46.6 Å². The van der Waals surface area contributed by atoms with E-state index < -0.39 is 112 Å². The van der Waals surface area contributed by atoms with Crippen LogP contribution in [0.3, 0.4) is 0 Å². The molecule has 4 aliphatic rings. The van der Waals surface area contributed by atoms with Gasteiger partial charge in [0, 0.05) is 59.5 Å². The van der Waals surface area contributed by atoms with Crippen LogP contribution in [-0.4, -0.2) is 155 Å². The number of halogens is 1. The van der Waals surface area contributed by atoms with Crippen LogP contribution in [0, 0.1) is 5.82 Å². The number of carboxylic acids is 1. The minimum Gasteiger partial charge on any atom is -0.479 e. The molecule has 4 aromatic heterocycles. The van der Waals surface area contributed by atoms with Crippen LogP contribution in [0.1, 0.15) is 46.1 Å². The van der Waals surface area contributed by atoms with Gasteiger partial charge in [0.05, 0.1) is 67.8 Å². The summed E-state index contributed by atoms with van der Waals surface area (Å²) in [5, 5.41) is 60.4. The van der Waals surface area contributed by atoms with E-state index in [0.717, 1.165) is 47.4 Å². The summed E-state index contributed by atoms with van der Waals surface area (Å²) in [7, 11) is -4.13. The van der Waals surface area contributed by atoms with Crippen LogP contribution in [0.15, 0.2) is 82.4 Å². The minimum absolute atomic E-state index is 0.0255. The average molecular weight is 1100 g/mol. The lowest BCUT2D eigenvalue weighted by atomic mass is 9.86. The number of amides is 3. The van der Waals surface area contributed by atoms with Gasteiger partial charge in [0.1, 0.15) is 36.4 Å². The number of aliphatic hydroxyl groups is 4. The highest BCUT2D eigenvalue weighted by Crippen LogP contribution is 2.45. The molecule has 0 saturated carbocycles. The number of nitrogens with zero attached hydrogens (tertiary/aromatic N) is 7. The largest absolute Gasteiger partial charge is 0.501 e. The molecule has 4 aliphatic heterocycles. The molecule has 1 fully saturated rings. The summed E-state index contributed by atoms with van der Waals surface area (Å²) in [5.74, 6) is -8.01. The van der Waals surface area contributed by atoms with E-state index in [4.69, 9.17) is 31.7 Å². The Morgan fingerprint density at radius 1 is 0.949 bits per heavy atom. The van der Waals surface area contributed by atoms with E-state index in [9.17, 15) is 62.7 Å². The topological polar surface area (TPSA) is 361 Å². The van der Waals surface area contributed by atoms with Gasteiger partial charge >= 0.3 is 22.3 Å². The third kappa shape index (κ3) is 9.71. The summed E-state index contributed by atoms with van der Waals surface area (Å²) in [6.07, 6.45) is -5.64. The lowest BCUT2D eigenvalue weighted by molar-refractivity contribution is -0.271. The van der Waals surface area contributed by atoms with Crippen molar-refractivity contribution in [2.45, 2.75) is 75.9 Å². The Morgan fingerprint density at radius 3 is 2.42 bits per heavy atom. The van der Waals surface area contributed by atoms with Gasteiger partial charge in [-0.2, -0.15) is 0 Å². The van der Waals surface area contributed by atoms with Gasteiger partial charge in [0.25, 0.3) is 23.3 Å². The van der Waals surface area contributed by atoms with Gasteiger partial charge in [-0.05, 0) is 48.9 Å². The molecule has 10 rings (SSSR count). The number of hydrogen-bond acceptors (Lipinski definition) is 22. The van der Waals surface area contributed by atoms with Crippen molar-refractivity contribution in [1.82, 2.24) is 34.3 Å². The Hall–Kier alpha value is -8.45. The molecule has 0 bridgehead atoms. The third-order valence-corrected chi connectivity index (χ3v) is 14.1. The highest BCUT2D eigenvalue weighted by molar-refractivity contribution is 7.82. The maximum Gasteiger partial charge on any atom is 0.501 e. The Bertz CT molecular complexity index is 3640. The zero-order chi connectivity index (χ0) is 55.5. The second-order valence-electron chi connectivity index (χ2n) is 18.2. The number of aliphatic hydroxyl groups excluding tert-OH is 3. The van der Waals surface area contributed by atoms with Crippen molar-refractivity contribution in [1.29, 1.82) is 0 Å². The van der Waals surface area contributed by atoms with Crippen LogP contribution >= 0.6 is 0 Å². The Balaban J connectivity index is 0.909. The number of hydrogen-bond donors (Lipinski definition) is 5. The molecular weight excluding hydrogens is 1060 g/mol. The molecular formula is C49H44FN7O20S. The highest BCUT2D eigenvalue weighted by atomic mass is 32.3. The first-order valence-electron chi connectivity index (χ1n) is 23.7. The zero-order valence-electron chi connectivity index (χ0n) is 40.7. The van der Waals surface area contributed by atoms with Gasteiger partial charge in [-0.25, -0.2) is 23.6 Å². The van der Waals surface area contributed by atoms with E-state index in [1.54, 1.807) is 12.1 Å². The summed E-state index contributed by atoms with van der Waals surface area (Å²) in [6, 6.07) is 9.35. The number of esters is 1. The van der Waals surface area contributed by atoms with E-state index in [1.807, 2.05) is 0 Å². The minimum atomic E-state index is -5.52. The number of cyclic esters (lactones) is 1. The number of aromatic nitrogens is 5. The van der Waals surface area contributed by atoms with E-state index in [0.29, 0.717) is 11.3 Å². The van der Waals surface area contributed by atoms with Gasteiger partial charge in [-0.3, -0.25) is 24.1 Å². The monoisotopic (exact) mass is 1100 g/mol. The van der Waals surface area contributed by atoms with Gasteiger partial charge in [-0.15, -0.1) is 13.5 Å². The molecule has 2 aromatic carbocycles. The Morgan fingerprint density at radius 2 is 1.71 bits per heavy atom. The molecule has 3 amide bonds. The van der Waals surface area contributed by atoms with Crippen molar-refractivity contribution in [2.75, 3.05) is 26.8 Å². The number of rotatable bonds is 18. The quantitative estimate of drug-likeness (QED) is 0.0437. The van der Waals surface area contributed by atoms with Crippen molar-refractivity contribution in [2.24, 2.45) is 0 Å². The number of pyridine rings is 2. The number of carbonyl (C=O) groups is 5.